The third kappa shape index (κ3) is 2.81. The van der Waals surface area contributed by atoms with Crippen molar-refractivity contribution in [3.63, 3.8) is 0 Å². The molecule has 2 saturated carbocycles. The molecule has 7 heteroatoms. The van der Waals surface area contributed by atoms with Crippen molar-refractivity contribution in [2.45, 2.75) is 38.7 Å². The topological polar surface area (TPSA) is 117 Å². The maximum Gasteiger partial charge on any atom is 0.306 e. The van der Waals surface area contributed by atoms with Gasteiger partial charge in [0.05, 0.1) is 0 Å². The second kappa shape index (κ2) is 5.22. The molecule has 2 aliphatic rings. The summed E-state index contributed by atoms with van der Waals surface area (Å²) >= 11 is 0. The molecule has 0 spiro atoms. The van der Waals surface area contributed by atoms with E-state index in [1.807, 2.05) is 0 Å². The smallest absolute Gasteiger partial charge is 0.306 e. The van der Waals surface area contributed by atoms with Crippen molar-refractivity contribution in [1.29, 1.82) is 0 Å². The molecule has 0 aromatic carbocycles. The van der Waals surface area contributed by atoms with Crippen molar-refractivity contribution in [2.75, 3.05) is 11.5 Å². The summed E-state index contributed by atoms with van der Waals surface area (Å²) in [5.74, 6) is 2.22. The lowest BCUT2D eigenvalue weighted by Gasteiger charge is -2.20. The zero-order valence-corrected chi connectivity index (χ0v) is 11.3. The molecule has 0 radical (unpaired) electrons. The summed E-state index contributed by atoms with van der Waals surface area (Å²) in [6, 6.07) is 0. The third-order valence-corrected chi connectivity index (χ3v) is 4.39. The number of nitrogens with zero attached hydrogens (tertiary/aromatic N) is 3. The van der Waals surface area contributed by atoms with Crippen molar-refractivity contribution in [1.82, 2.24) is 15.0 Å². The van der Waals surface area contributed by atoms with Gasteiger partial charge in [0.15, 0.2) is 12.4 Å². The number of esters is 1. The average Bonchev–Trinajstić information content (AvgIpc) is 2.97. The molecule has 0 aliphatic heterocycles. The molecule has 108 valence electrons. The molecule has 1 aromatic heterocycles. The van der Waals surface area contributed by atoms with Crippen LogP contribution in [0.15, 0.2) is 0 Å². The summed E-state index contributed by atoms with van der Waals surface area (Å²) in [7, 11) is 0. The van der Waals surface area contributed by atoms with Gasteiger partial charge in [-0.25, -0.2) is 0 Å². The van der Waals surface area contributed by atoms with Crippen LogP contribution in [0.2, 0.25) is 0 Å². The van der Waals surface area contributed by atoms with E-state index in [1.54, 1.807) is 0 Å². The molecular weight excluding hydrogens is 258 g/mol. The molecule has 0 amide bonds. The molecule has 0 unspecified atom stereocenters. The van der Waals surface area contributed by atoms with Crippen LogP contribution >= 0.6 is 0 Å². The Morgan fingerprint density at radius 2 is 1.90 bits per heavy atom. The van der Waals surface area contributed by atoms with E-state index in [0.29, 0.717) is 12.3 Å². The fraction of sp³-hybridized carbons (Fsp3) is 0.692. The second-order valence-corrected chi connectivity index (χ2v) is 5.77. The molecule has 2 fully saturated rings. The van der Waals surface area contributed by atoms with Crippen LogP contribution in [0.5, 0.6) is 0 Å². The van der Waals surface area contributed by atoms with Crippen LogP contribution in [0.4, 0.5) is 11.9 Å². The van der Waals surface area contributed by atoms with E-state index in [2.05, 4.69) is 15.0 Å². The lowest BCUT2D eigenvalue weighted by molar-refractivity contribution is -0.146. The molecule has 3 atom stereocenters. The summed E-state index contributed by atoms with van der Waals surface area (Å²) in [6.07, 6.45) is 5.56. The summed E-state index contributed by atoms with van der Waals surface area (Å²) in [4.78, 5) is 23.3. The molecule has 4 N–H and O–H groups in total. The van der Waals surface area contributed by atoms with E-state index < -0.39 is 0 Å². The number of nitrogens with two attached hydrogens (primary N) is 2. The number of carbonyl (C=O) groups is 1. The van der Waals surface area contributed by atoms with Gasteiger partial charge < -0.3 is 16.2 Å². The number of ether oxygens (including phenoxy) is 1. The SMILES string of the molecule is Nc1nc(N)nc(COC(=O)C[C@H]2C[C@@H]3CC[C@H]2C3)n1. The van der Waals surface area contributed by atoms with Gasteiger partial charge in [0.1, 0.15) is 0 Å². The number of anilines is 2. The summed E-state index contributed by atoms with van der Waals surface area (Å²) in [5.41, 5.74) is 10.9. The number of nitrogen functional groups attached to an aromatic ring is 2. The van der Waals surface area contributed by atoms with Crippen molar-refractivity contribution in [3.8, 4) is 0 Å². The first-order chi connectivity index (χ1) is 9.60. The predicted octanol–water partition coefficient (Wildman–Crippen LogP) is 0.905. The Hall–Kier alpha value is -1.92. The molecule has 1 aromatic rings. The Bertz CT molecular complexity index is 501. The van der Waals surface area contributed by atoms with Crippen LogP contribution in [0.3, 0.4) is 0 Å². The Kier molecular flexibility index (Phi) is 3.42. The molecule has 2 aliphatic carbocycles. The fourth-order valence-electron chi connectivity index (χ4n) is 3.57. The van der Waals surface area contributed by atoms with Crippen LogP contribution in [0.25, 0.3) is 0 Å². The highest BCUT2D eigenvalue weighted by atomic mass is 16.5. The van der Waals surface area contributed by atoms with Crippen molar-refractivity contribution < 1.29 is 9.53 Å². The van der Waals surface area contributed by atoms with Gasteiger partial charge in [-0.15, -0.1) is 0 Å². The number of fused-ring (bicyclic) bond motifs is 2. The lowest BCUT2D eigenvalue weighted by atomic mass is 9.86. The standard InChI is InChI=1S/C13H19N5O2/c14-12-16-10(17-13(15)18-12)6-20-11(19)5-9-4-7-1-2-8(9)3-7/h7-9H,1-6H2,(H4,14,15,16,17,18)/t7-,8+,9-/m1/s1. The zero-order valence-electron chi connectivity index (χ0n) is 11.3. The summed E-state index contributed by atoms with van der Waals surface area (Å²) in [6.45, 7) is -0.00340. The van der Waals surface area contributed by atoms with Crippen molar-refractivity contribution in [3.05, 3.63) is 5.82 Å². The van der Waals surface area contributed by atoms with Gasteiger partial charge in [-0.3, -0.25) is 4.79 Å². The highest BCUT2D eigenvalue weighted by Gasteiger charge is 2.40. The van der Waals surface area contributed by atoms with E-state index in [0.717, 1.165) is 11.8 Å². The van der Waals surface area contributed by atoms with Gasteiger partial charge in [-0.05, 0) is 37.0 Å². The highest BCUT2D eigenvalue weighted by Crippen LogP contribution is 2.49. The summed E-state index contributed by atoms with van der Waals surface area (Å²) < 4.78 is 5.20. The van der Waals surface area contributed by atoms with Gasteiger partial charge in [0.2, 0.25) is 11.9 Å². The van der Waals surface area contributed by atoms with Crippen LogP contribution in [0.1, 0.15) is 37.9 Å². The molecule has 0 saturated heterocycles. The molecule has 2 bridgehead atoms. The first-order valence-corrected chi connectivity index (χ1v) is 7.01. The van der Waals surface area contributed by atoms with Gasteiger partial charge in [-0.1, -0.05) is 6.42 Å². The van der Waals surface area contributed by atoms with E-state index in [-0.39, 0.29) is 30.3 Å². The maximum atomic E-state index is 11.9. The molecule has 20 heavy (non-hydrogen) atoms. The third-order valence-electron chi connectivity index (χ3n) is 4.39. The van der Waals surface area contributed by atoms with E-state index in [9.17, 15) is 4.79 Å². The fourth-order valence-corrected chi connectivity index (χ4v) is 3.57. The minimum Gasteiger partial charge on any atom is -0.457 e. The Labute approximate surface area is 117 Å². The van der Waals surface area contributed by atoms with Crippen LogP contribution < -0.4 is 11.5 Å². The maximum absolute atomic E-state index is 11.9. The number of hydrogen-bond acceptors (Lipinski definition) is 7. The van der Waals surface area contributed by atoms with Crippen molar-refractivity contribution in [2.24, 2.45) is 17.8 Å². The quantitative estimate of drug-likeness (QED) is 0.785. The number of aromatic nitrogens is 3. The normalized spacial score (nSPS) is 27.7. The largest absolute Gasteiger partial charge is 0.457 e. The second-order valence-electron chi connectivity index (χ2n) is 5.77. The van der Waals surface area contributed by atoms with E-state index in [1.165, 1.54) is 25.7 Å². The lowest BCUT2D eigenvalue weighted by Crippen LogP contribution is -2.17. The molecule has 3 rings (SSSR count). The molecule has 7 nitrogen and oxygen atoms in total. The Balaban J connectivity index is 1.49. The number of hydrogen-bond donors (Lipinski definition) is 2. The molecule has 1 heterocycles. The monoisotopic (exact) mass is 277 g/mol. The summed E-state index contributed by atoms with van der Waals surface area (Å²) in [5, 5.41) is 0. The van der Waals surface area contributed by atoms with Gasteiger partial charge in [0, 0.05) is 6.42 Å². The Morgan fingerprint density at radius 3 is 2.50 bits per heavy atom. The molecular formula is C13H19N5O2. The van der Waals surface area contributed by atoms with Crippen molar-refractivity contribution >= 4 is 17.9 Å². The highest BCUT2D eigenvalue weighted by molar-refractivity contribution is 5.69. The zero-order chi connectivity index (χ0) is 14.1. The van der Waals surface area contributed by atoms with Gasteiger partial charge in [-0.2, -0.15) is 15.0 Å². The Morgan fingerprint density at radius 1 is 1.15 bits per heavy atom. The minimum atomic E-state index is -0.194. The average molecular weight is 277 g/mol. The van der Waals surface area contributed by atoms with E-state index >= 15 is 0 Å². The van der Waals surface area contributed by atoms with Crippen LogP contribution in [-0.2, 0) is 16.1 Å². The first kappa shape index (κ1) is 13.1. The number of carbonyl (C=O) groups excluding carboxylic acids is 1. The number of rotatable bonds is 4. The first-order valence-electron chi connectivity index (χ1n) is 7.01. The van der Waals surface area contributed by atoms with Crippen LogP contribution in [0, 0.1) is 17.8 Å². The van der Waals surface area contributed by atoms with E-state index in [4.69, 9.17) is 16.2 Å². The minimum absolute atomic E-state index is 0.00340. The van der Waals surface area contributed by atoms with Gasteiger partial charge >= 0.3 is 5.97 Å². The van der Waals surface area contributed by atoms with Gasteiger partial charge in [0.25, 0.3) is 0 Å². The van der Waals surface area contributed by atoms with Crippen LogP contribution in [-0.4, -0.2) is 20.9 Å². The predicted molar refractivity (Wildman–Crippen MR) is 72.0 cm³/mol.